The Hall–Kier alpha value is -1.30. The van der Waals surface area contributed by atoms with Crippen molar-refractivity contribution in [2.75, 3.05) is 27.7 Å². The fourth-order valence-corrected chi connectivity index (χ4v) is 2.78. The summed E-state index contributed by atoms with van der Waals surface area (Å²) in [6.07, 6.45) is 1.98. The molecule has 0 aliphatic carbocycles. The van der Waals surface area contributed by atoms with Crippen LogP contribution >= 0.6 is 0 Å². The van der Waals surface area contributed by atoms with Crippen molar-refractivity contribution in [2.24, 2.45) is 0 Å². The van der Waals surface area contributed by atoms with Crippen molar-refractivity contribution in [3.05, 3.63) is 0 Å². The van der Waals surface area contributed by atoms with Crippen LogP contribution in [0.25, 0.3) is 0 Å². The molecule has 0 bridgehead atoms. The Morgan fingerprint density at radius 3 is 2.61 bits per heavy atom. The number of likely N-dealkylation sites (tertiary alicyclic amines) is 1. The maximum Gasteiger partial charge on any atom is 0.319 e. The molecule has 0 spiro atoms. The van der Waals surface area contributed by atoms with Gasteiger partial charge in [-0.3, -0.25) is 4.79 Å². The molecule has 0 saturated carbocycles. The maximum atomic E-state index is 12.0. The molecule has 6 nitrogen and oxygen atoms in total. The van der Waals surface area contributed by atoms with Crippen LogP contribution in [-0.2, 0) is 9.53 Å². The molecule has 2 aliphatic rings. The van der Waals surface area contributed by atoms with Gasteiger partial charge in [0.1, 0.15) is 6.10 Å². The van der Waals surface area contributed by atoms with Gasteiger partial charge in [0.2, 0.25) is 5.91 Å². The van der Waals surface area contributed by atoms with Gasteiger partial charge in [0.05, 0.1) is 12.1 Å². The van der Waals surface area contributed by atoms with Gasteiger partial charge in [-0.05, 0) is 19.3 Å². The molecular formula is C12H21N3O3. The molecule has 0 radical (unpaired) electrons. The summed E-state index contributed by atoms with van der Waals surface area (Å²) in [5.74, 6) is -0.0640. The number of carbonyl (C=O) groups excluding carboxylic acids is 2. The van der Waals surface area contributed by atoms with E-state index in [1.807, 2.05) is 4.90 Å². The van der Waals surface area contributed by atoms with Gasteiger partial charge in [-0.1, -0.05) is 0 Å². The lowest BCUT2D eigenvalue weighted by atomic mass is 9.99. The van der Waals surface area contributed by atoms with Crippen LogP contribution in [0.4, 0.5) is 4.79 Å². The van der Waals surface area contributed by atoms with E-state index in [9.17, 15) is 9.59 Å². The maximum absolute atomic E-state index is 12.0. The fourth-order valence-electron chi connectivity index (χ4n) is 2.78. The fraction of sp³-hybridized carbons (Fsp3) is 0.833. The van der Waals surface area contributed by atoms with Gasteiger partial charge in [0, 0.05) is 27.7 Å². The number of nitrogens with one attached hydrogen (secondary N) is 1. The standard InChI is InChI=1S/C12H21N3O3/c1-13-11(16)10-5-4-8-9(18-10)6-7-15(8)12(17)14(2)3/h8-10H,4-7H2,1-3H3,(H,13,16)/t8-,9-,10+/m1/s1. The minimum absolute atomic E-state index is 0.00458. The summed E-state index contributed by atoms with van der Waals surface area (Å²) in [7, 11) is 5.13. The first-order valence-corrected chi connectivity index (χ1v) is 6.39. The van der Waals surface area contributed by atoms with E-state index < -0.39 is 0 Å². The van der Waals surface area contributed by atoms with Crippen LogP contribution in [0.2, 0.25) is 0 Å². The van der Waals surface area contributed by atoms with E-state index in [4.69, 9.17) is 4.74 Å². The van der Waals surface area contributed by atoms with Crippen LogP contribution in [0.1, 0.15) is 19.3 Å². The van der Waals surface area contributed by atoms with Crippen LogP contribution < -0.4 is 5.32 Å². The molecule has 0 aromatic rings. The zero-order valence-corrected chi connectivity index (χ0v) is 11.2. The second-order valence-electron chi connectivity index (χ2n) is 5.08. The van der Waals surface area contributed by atoms with Crippen LogP contribution in [0.5, 0.6) is 0 Å². The monoisotopic (exact) mass is 255 g/mol. The molecule has 0 unspecified atom stereocenters. The van der Waals surface area contributed by atoms with Gasteiger partial charge >= 0.3 is 6.03 Å². The number of urea groups is 1. The molecule has 2 fully saturated rings. The number of ether oxygens (including phenoxy) is 1. The first kappa shape index (κ1) is 13.1. The summed E-state index contributed by atoms with van der Waals surface area (Å²) in [5, 5.41) is 2.61. The van der Waals surface area contributed by atoms with Crippen molar-refractivity contribution in [3.63, 3.8) is 0 Å². The minimum atomic E-state index is -0.356. The van der Waals surface area contributed by atoms with E-state index >= 15 is 0 Å². The molecule has 3 amide bonds. The van der Waals surface area contributed by atoms with Crippen molar-refractivity contribution >= 4 is 11.9 Å². The Morgan fingerprint density at radius 2 is 2.00 bits per heavy atom. The molecule has 2 rings (SSSR count). The van der Waals surface area contributed by atoms with E-state index in [1.54, 1.807) is 26.0 Å². The van der Waals surface area contributed by atoms with Crippen molar-refractivity contribution in [2.45, 2.75) is 37.5 Å². The highest BCUT2D eigenvalue weighted by Crippen LogP contribution is 2.31. The molecule has 102 valence electrons. The van der Waals surface area contributed by atoms with Crippen molar-refractivity contribution in [3.8, 4) is 0 Å². The van der Waals surface area contributed by atoms with Crippen LogP contribution in [0, 0.1) is 0 Å². The minimum Gasteiger partial charge on any atom is -0.363 e. The Kier molecular flexibility index (Phi) is 3.75. The van der Waals surface area contributed by atoms with Gasteiger partial charge in [0.15, 0.2) is 0 Å². The van der Waals surface area contributed by atoms with Gasteiger partial charge in [-0.15, -0.1) is 0 Å². The second kappa shape index (κ2) is 5.14. The number of hydrogen-bond acceptors (Lipinski definition) is 3. The summed E-state index contributed by atoms with van der Waals surface area (Å²) >= 11 is 0. The number of rotatable bonds is 1. The Balaban J connectivity index is 1.99. The highest BCUT2D eigenvalue weighted by atomic mass is 16.5. The van der Waals surface area contributed by atoms with Crippen molar-refractivity contribution in [1.82, 2.24) is 15.1 Å². The zero-order valence-electron chi connectivity index (χ0n) is 11.2. The third kappa shape index (κ3) is 2.29. The molecule has 0 aromatic heterocycles. The molecule has 2 aliphatic heterocycles. The lowest BCUT2D eigenvalue weighted by Gasteiger charge is -2.36. The van der Waals surface area contributed by atoms with Gasteiger partial charge in [-0.2, -0.15) is 0 Å². The van der Waals surface area contributed by atoms with E-state index in [0.717, 1.165) is 12.8 Å². The first-order chi connectivity index (χ1) is 8.54. The van der Waals surface area contributed by atoms with E-state index in [1.165, 1.54) is 0 Å². The van der Waals surface area contributed by atoms with Gasteiger partial charge < -0.3 is 19.9 Å². The molecule has 0 aromatic carbocycles. The molecule has 18 heavy (non-hydrogen) atoms. The Bertz CT molecular complexity index is 345. The number of likely N-dealkylation sites (N-methyl/N-ethyl adjacent to an activating group) is 1. The second-order valence-corrected chi connectivity index (χ2v) is 5.08. The average molecular weight is 255 g/mol. The number of fused-ring (bicyclic) bond motifs is 1. The predicted octanol–water partition coefficient (Wildman–Crippen LogP) is 0.0359. The Morgan fingerprint density at radius 1 is 1.28 bits per heavy atom. The Labute approximate surface area is 107 Å². The summed E-state index contributed by atoms with van der Waals surface area (Å²) in [6, 6.07) is 0.158. The predicted molar refractivity (Wildman–Crippen MR) is 66.2 cm³/mol. The molecule has 2 heterocycles. The summed E-state index contributed by atoms with van der Waals surface area (Å²) in [4.78, 5) is 27.0. The third-order valence-electron chi connectivity index (χ3n) is 3.71. The molecule has 3 atom stereocenters. The summed E-state index contributed by atoms with van der Waals surface area (Å²) < 4.78 is 5.80. The smallest absolute Gasteiger partial charge is 0.319 e. The molecule has 2 saturated heterocycles. The van der Waals surface area contributed by atoms with Crippen molar-refractivity contribution < 1.29 is 14.3 Å². The lowest BCUT2D eigenvalue weighted by Crippen LogP contribution is -2.50. The lowest BCUT2D eigenvalue weighted by molar-refractivity contribution is -0.142. The highest BCUT2D eigenvalue weighted by molar-refractivity contribution is 5.80. The van der Waals surface area contributed by atoms with Crippen LogP contribution in [-0.4, -0.2) is 67.7 Å². The van der Waals surface area contributed by atoms with Crippen molar-refractivity contribution in [1.29, 1.82) is 0 Å². The number of nitrogens with zero attached hydrogens (tertiary/aromatic N) is 2. The van der Waals surface area contributed by atoms with E-state index in [2.05, 4.69) is 5.32 Å². The normalized spacial score (nSPS) is 30.8. The summed E-state index contributed by atoms with van der Waals surface area (Å²) in [5.41, 5.74) is 0. The van der Waals surface area contributed by atoms with Crippen LogP contribution in [0.15, 0.2) is 0 Å². The zero-order chi connectivity index (χ0) is 13.3. The molecule has 6 heteroatoms. The molecule has 1 N–H and O–H groups in total. The van der Waals surface area contributed by atoms with Crippen LogP contribution in [0.3, 0.4) is 0 Å². The quantitative estimate of drug-likeness (QED) is 0.719. The number of amides is 3. The largest absolute Gasteiger partial charge is 0.363 e. The molecular weight excluding hydrogens is 234 g/mol. The third-order valence-corrected chi connectivity index (χ3v) is 3.71. The topological polar surface area (TPSA) is 61.9 Å². The van der Waals surface area contributed by atoms with Gasteiger partial charge in [0.25, 0.3) is 0 Å². The summed E-state index contributed by atoms with van der Waals surface area (Å²) in [6.45, 7) is 0.715. The highest BCUT2D eigenvalue weighted by Gasteiger charge is 2.43. The average Bonchev–Trinajstić information content (AvgIpc) is 2.79. The van der Waals surface area contributed by atoms with Gasteiger partial charge in [-0.25, -0.2) is 4.79 Å². The first-order valence-electron chi connectivity index (χ1n) is 6.39. The number of hydrogen-bond donors (Lipinski definition) is 1. The number of carbonyl (C=O) groups is 2. The van der Waals surface area contributed by atoms with E-state index in [0.29, 0.717) is 13.0 Å². The SMILES string of the molecule is CNC(=O)[C@@H]1CC[C@@H]2[C@@H](CCN2C(=O)N(C)C)O1. The van der Waals surface area contributed by atoms with E-state index in [-0.39, 0.29) is 30.2 Å².